The fourth-order valence-corrected chi connectivity index (χ4v) is 8.10. The molecule has 50 heavy (non-hydrogen) atoms. The molecule has 3 aliphatic heterocycles. The molecule has 3 fully saturated rings. The highest BCUT2D eigenvalue weighted by Crippen LogP contribution is 2.59. The van der Waals surface area contributed by atoms with E-state index in [1.54, 1.807) is 29.0 Å². The second kappa shape index (κ2) is 15.7. The molecular formula is C40H51N3O7. The Morgan fingerprint density at radius 1 is 1.06 bits per heavy atom. The Morgan fingerprint density at radius 2 is 1.72 bits per heavy atom. The Balaban J connectivity index is 1.50. The summed E-state index contributed by atoms with van der Waals surface area (Å²) in [5, 5.41) is 10.6. The summed E-state index contributed by atoms with van der Waals surface area (Å²) < 4.78 is 13.0. The van der Waals surface area contributed by atoms with Crippen molar-refractivity contribution in [3.05, 3.63) is 97.1 Å². The maximum Gasteiger partial charge on any atom is 0.313 e. The van der Waals surface area contributed by atoms with E-state index in [2.05, 4.69) is 13.2 Å². The average molecular weight is 686 g/mol. The highest BCUT2D eigenvalue weighted by atomic mass is 16.6. The van der Waals surface area contributed by atoms with Gasteiger partial charge in [-0.1, -0.05) is 86.7 Å². The van der Waals surface area contributed by atoms with Crippen molar-refractivity contribution in [2.45, 2.75) is 88.9 Å². The highest BCUT2D eigenvalue weighted by Gasteiger charge is 2.76. The zero-order valence-electron chi connectivity index (χ0n) is 29.6. The van der Waals surface area contributed by atoms with E-state index in [1.807, 2.05) is 81.4 Å². The molecule has 5 rings (SSSR count). The molecule has 8 atom stereocenters. The average Bonchev–Trinajstić information content (AvgIpc) is 3.77. The van der Waals surface area contributed by atoms with E-state index in [0.29, 0.717) is 31.4 Å². The fourth-order valence-electron chi connectivity index (χ4n) is 8.10. The molecule has 10 nitrogen and oxygen atoms in total. The van der Waals surface area contributed by atoms with E-state index in [9.17, 15) is 24.3 Å². The smallest absolute Gasteiger partial charge is 0.313 e. The number of allylic oxidation sites excluding steroid dienone is 1. The summed E-state index contributed by atoms with van der Waals surface area (Å²) in [5.74, 6) is -3.54. The Hall–Kier alpha value is -4.28. The Morgan fingerprint density at radius 3 is 2.32 bits per heavy atom. The lowest BCUT2D eigenvalue weighted by Gasteiger charge is -2.40. The molecule has 0 saturated carbocycles. The van der Waals surface area contributed by atoms with Crippen LogP contribution in [-0.4, -0.2) is 93.5 Å². The lowest BCUT2D eigenvalue weighted by atomic mass is 9.70. The van der Waals surface area contributed by atoms with Crippen molar-refractivity contribution in [2.75, 3.05) is 20.2 Å². The van der Waals surface area contributed by atoms with Gasteiger partial charge in [-0.05, 0) is 43.2 Å². The molecule has 1 spiro atoms. The summed E-state index contributed by atoms with van der Waals surface area (Å²) in [6.45, 7) is 13.4. The van der Waals surface area contributed by atoms with Gasteiger partial charge in [-0.2, -0.15) is 0 Å². The van der Waals surface area contributed by atoms with Crippen molar-refractivity contribution >= 4 is 23.7 Å². The topological polar surface area (TPSA) is 117 Å². The predicted octanol–water partition coefficient (Wildman–Crippen LogP) is 4.69. The number of carbonyl (C=O) groups excluding carboxylic acids is 4. The number of hydrogen-bond donors (Lipinski definition) is 1. The van der Waals surface area contributed by atoms with E-state index in [1.165, 1.54) is 4.90 Å². The van der Waals surface area contributed by atoms with Crippen molar-refractivity contribution in [3.8, 4) is 0 Å². The number of hydrogen-bond acceptors (Lipinski definition) is 7. The Bertz CT molecular complexity index is 1550. The summed E-state index contributed by atoms with van der Waals surface area (Å²) in [7, 11) is 1.69. The van der Waals surface area contributed by atoms with Gasteiger partial charge < -0.3 is 29.3 Å². The quantitative estimate of drug-likeness (QED) is 0.201. The zero-order valence-corrected chi connectivity index (χ0v) is 29.6. The third-order valence-corrected chi connectivity index (χ3v) is 10.8. The van der Waals surface area contributed by atoms with Gasteiger partial charge in [0.05, 0.1) is 36.6 Å². The van der Waals surface area contributed by atoms with Crippen LogP contribution in [0.5, 0.6) is 0 Å². The van der Waals surface area contributed by atoms with Crippen molar-refractivity contribution in [1.29, 1.82) is 0 Å². The Kier molecular flexibility index (Phi) is 11.6. The zero-order chi connectivity index (χ0) is 36.2. The van der Waals surface area contributed by atoms with Crippen molar-refractivity contribution in [3.63, 3.8) is 0 Å². The van der Waals surface area contributed by atoms with Gasteiger partial charge >= 0.3 is 5.97 Å². The lowest BCUT2D eigenvalue weighted by Crippen LogP contribution is -2.59. The van der Waals surface area contributed by atoms with Gasteiger partial charge in [-0.3, -0.25) is 19.2 Å². The van der Waals surface area contributed by atoms with Gasteiger partial charge in [0.25, 0.3) is 0 Å². The molecule has 2 aromatic carbocycles. The van der Waals surface area contributed by atoms with Crippen LogP contribution in [0.2, 0.25) is 0 Å². The fraction of sp³-hybridized carbons (Fsp3) is 0.500. The minimum Gasteiger partial charge on any atom is -0.455 e. The second-order valence-electron chi connectivity index (χ2n) is 14.1. The number of carbonyl (C=O) groups is 4. The number of ether oxygens (including phenoxy) is 2. The van der Waals surface area contributed by atoms with Gasteiger partial charge in [-0.15, -0.1) is 13.2 Å². The van der Waals surface area contributed by atoms with E-state index in [4.69, 9.17) is 9.47 Å². The van der Waals surface area contributed by atoms with Crippen LogP contribution in [0.25, 0.3) is 0 Å². The molecule has 268 valence electrons. The molecule has 0 radical (unpaired) electrons. The van der Waals surface area contributed by atoms with Gasteiger partial charge in [0.15, 0.2) is 0 Å². The first kappa shape index (κ1) is 37.0. The first-order chi connectivity index (χ1) is 24.0. The van der Waals surface area contributed by atoms with Crippen molar-refractivity contribution in [2.24, 2.45) is 17.8 Å². The summed E-state index contributed by atoms with van der Waals surface area (Å²) in [6, 6.07) is 16.6. The number of esters is 1. The number of benzene rings is 2. The van der Waals surface area contributed by atoms with Crippen LogP contribution in [-0.2, 0) is 35.2 Å². The number of nitrogens with zero attached hydrogens (tertiary/aromatic N) is 3. The monoisotopic (exact) mass is 685 g/mol. The first-order valence-electron chi connectivity index (χ1n) is 17.7. The number of aliphatic hydroxyl groups is 1. The number of aliphatic hydroxyl groups excluding tert-OH is 1. The normalized spacial score (nSPS) is 25.5. The summed E-state index contributed by atoms with van der Waals surface area (Å²) in [6.07, 6.45) is 3.58. The SMILES string of the molecule is C=CCCC(=O)N(C)[C@H](C)[C@H](OC(=O)[C@@H]1[C@H]2C(=O)N([C@@H](CO)C(C)C)[C@H](C(=O)N(CC=C)Cc3ccccc3)[C@]23CC[C@H]1O3)c1ccccc1. The van der Waals surface area contributed by atoms with Crippen LogP contribution in [0.15, 0.2) is 86.0 Å². The molecule has 0 aromatic heterocycles. The largest absolute Gasteiger partial charge is 0.455 e. The van der Waals surface area contributed by atoms with Gasteiger partial charge in [0.2, 0.25) is 17.7 Å². The van der Waals surface area contributed by atoms with Gasteiger partial charge in [0, 0.05) is 26.6 Å². The van der Waals surface area contributed by atoms with Crippen LogP contribution in [0.4, 0.5) is 0 Å². The molecule has 3 heterocycles. The van der Waals surface area contributed by atoms with Crippen molar-refractivity contribution in [1.82, 2.24) is 14.7 Å². The van der Waals surface area contributed by atoms with Crippen LogP contribution in [0.3, 0.4) is 0 Å². The summed E-state index contributed by atoms with van der Waals surface area (Å²) >= 11 is 0. The van der Waals surface area contributed by atoms with E-state index >= 15 is 0 Å². The molecule has 0 unspecified atom stereocenters. The first-order valence-corrected chi connectivity index (χ1v) is 17.7. The van der Waals surface area contributed by atoms with Crippen LogP contribution >= 0.6 is 0 Å². The molecule has 2 aromatic rings. The molecular weight excluding hydrogens is 634 g/mol. The maximum absolute atomic E-state index is 14.8. The molecule has 1 N–H and O–H groups in total. The van der Waals surface area contributed by atoms with E-state index < -0.39 is 53.7 Å². The van der Waals surface area contributed by atoms with Crippen LogP contribution in [0, 0.1) is 17.8 Å². The third-order valence-electron chi connectivity index (χ3n) is 10.8. The second-order valence-corrected chi connectivity index (χ2v) is 14.1. The van der Waals surface area contributed by atoms with Crippen molar-refractivity contribution < 1.29 is 33.8 Å². The molecule has 0 aliphatic carbocycles. The molecule has 10 heteroatoms. The van der Waals surface area contributed by atoms with Crippen LogP contribution in [0.1, 0.15) is 63.7 Å². The molecule has 3 amide bonds. The third kappa shape index (κ3) is 6.88. The maximum atomic E-state index is 14.8. The minimum atomic E-state index is -1.27. The molecule has 2 bridgehead atoms. The molecule has 3 aliphatic rings. The number of likely N-dealkylation sites (N-methyl/N-ethyl adjacent to an activating group) is 1. The predicted molar refractivity (Wildman–Crippen MR) is 189 cm³/mol. The highest BCUT2D eigenvalue weighted by molar-refractivity contribution is 5.98. The number of likely N-dealkylation sites (tertiary alicyclic amines) is 1. The number of fused-ring (bicyclic) bond motifs is 1. The van der Waals surface area contributed by atoms with Gasteiger partial charge in [0.1, 0.15) is 17.7 Å². The van der Waals surface area contributed by atoms with E-state index in [0.717, 1.165) is 5.56 Å². The van der Waals surface area contributed by atoms with E-state index in [-0.39, 0.29) is 43.2 Å². The lowest BCUT2D eigenvalue weighted by molar-refractivity contribution is -0.165. The Labute approximate surface area is 295 Å². The number of amides is 3. The van der Waals surface area contributed by atoms with Crippen LogP contribution < -0.4 is 0 Å². The standard InChI is InChI=1S/C40H51N3O7/c1-7-9-20-32(45)41(6)27(5)35(29-18-14-11-15-19-29)49-39(48)33-31-21-22-40(50-31)34(33)37(46)43(30(25-44)26(3)4)36(40)38(47)42(23-8-2)24-28-16-12-10-13-17-28/h7-8,10-19,26-27,30-31,33-36,44H,1-2,9,20-25H2,3-6H3/t27-,30+,31-,33+,34+,35+,36-,40+/m1/s1. The van der Waals surface area contributed by atoms with Gasteiger partial charge in [-0.25, -0.2) is 0 Å². The summed E-state index contributed by atoms with van der Waals surface area (Å²) in [5.41, 5.74) is 0.359. The summed E-state index contributed by atoms with van der Waals surface area (Å²) in [4.78, 5) is 61.7. The minimum absolute atomic E-state index is 0.108. The molecule has 3 saturated heterocycles. The number of rotatable bonds is 16.